The first-order valence-corrected chi connectivity index (χ1v) is 10.7. The number of carboxylic acid groups (broad SMARTS) is 1. The number of aliphatic carboxylic acids is 1. The highest BCUT2D eigenvalue weighted by Crippen LogP contribution is 2.25. The van der Waals surface area contributed by atoms with Gasteiger partial charge in [0, 0.05) is 17.2 Å². The third-order valence-corrected chi connectivity index (χ3v) is 4.57. The molecule has 186 valence electrons. The fourth-order valence-electron chi connectivity index (χ4n) is 2.43. The van der Waals surface area contributed by atoms with E-state index >= 15 is 0 Å². The maximum absolute atomic E-state index is 12.0. The molecule has 0 bridgehead atoms. The summed E-state index contributed by atoms with van der Waals surface area (Å²) in [6.07, 6.45) is 1.58. The van der Waals surface area contributed by atoms with Gasteiger partial charge in [-0.2, -0.15) is 5.26 Å². The molecule has 2 rings (SSSR count). The lowest BCUT2D eigenvalue weighted by molar-refractivity contribution is -0.303. The van der Waals surface area contributed by atoms with Crippen molar-refractivity contribution < 1.29 is 37.3 Å². The number of nitrogens with zero attached hydrogens (tertiary/aromatic N) is 1. The standard InChI is InChI=1S/C13H14F3NO2.C11H14O3S/c1-10(7-8-17)9-18-11-3-2-4-12(6-5-11)19-13(14,15)16;1-7-6-8(15)4-5-9(7)14-11(2,3)10(12)13/h3-6,10H,2,7,9H2,1H3;4-6,15H,1-3H3,(H,12,13). The van der Waals surface area contributed by atoms with Gasteiger partial charge in [-0.3, -0.25) is 0 Å². The molecule has 1 atom stereocenters. The van der Waals surface area contributed by atoms with Crippen molar-refractivity contribution in [3.63, 3.8) is 0 Å². The lowest BCUT2D eigenvalue weighted by Crippen LogP contribution is -2.38. The van der Waals surface area contributed by atoms with Crippen LogP contribution in [0.3, 0.4) is 0 Å². The number of carbonyl (C=O) groups is 1. The third-order valence-electron chi connectivity index (χ3n) is 4.30. The fourth-order valence-corrected chi connectivity index (χ4v) is 2.70. The van der Waals surface area contributed by atoms with Crippen LogP contribution in [0.5, 0.6) is 5.75 Å². The Bertz CT molecular complexity index is 978. The highest BCUT2D eigenvalue weighted by molar-refractivity contribution is 7.80. The van der Waals surface area contributed by atoms with Crippen molar-refractivity contribution in [1.29, 1.82) is 5.26 Å². The molecule has 0 aliphatic heterocycles. The number of carboxylic acids is 1. The van der Waals surface area contributed by atoms with Gasteiger partial charge in [0.15, 0.2) is 5.60 Å². The summed E-state index contributed by atoms with van der Waals surface area (Å²) in [5.41, 5.74) is -0.347. The maximum Gasteiger partial charge on any atom is 0.573 e. The normalized spacial score (nSPS) is 14.3. The smallest absolute Gasteiger partial charge is 0.494 e. The molecule has 0 saturated carbocycles. The number of rotatable bonds is 8. The highest BCUT2D eigenvalue weighted by atomic mass is 32.1. The number of halogens is 3. The van der Waals surface area contributed by atoms with Gasteiger partial charge in [-0.15, -0.1) is 25.8 Å². The fraction of sp³-hybridized carbons (Fsp3) is 0.417. The van der Waals surface area contributed by atoms with Gasteiger partial charge in [0.1, 0.15) is 17.3 Å². The molecule has 0 spiro atoms. The van der Waals surface area contributed by atoms with Gasteiger partial charge >= 0.3 is 12.3 Å². The predicted octanol–water partition coefficient (Wildman–Crippen LogP) is 6.34. The Balaban J connectivity index is 0.000000350. The van der Waals surface area contributed by atoms with E-state index in [-0.39, 0.29) is 11.7 Å². The van der Waals surface area contributed by atoms with Crippen molar-refractivity contribution in [2.45, 2.75) is 57.4 Å². The molecule has 1 aliphatic carbocycles. The van der Waals surface area contributed by atoms with Crippen molar-refractivity contribution in [1.82, 2.24) is 0 Å². The van der Waals surface area contributed by atoms with Crippen LogP contribution in [0.4, 0.5) is 13.2 Å². The predicted molar refractivity (Wildman–Crippen MR) is 123 cm³/mol. The average molecular weight is 500 g/mol. The van der Waals surface area contributed by atoms with Gasteiger partial charge in [-0.1, -0.05) is 6.92 Å². The molecule has 0 amide bonds. The van der Waals surface area contributed by atoms with Gasteiger partial charge in [-0.25, -0.2) is 4.79 Å². The summed E-state index contributed by atoms with van der Waals surface area (Å²) in [7, 11) is 0. The van der Waals surface area contributed by atoms with E-state index in [9.17, 15) is 18.0 Å². The zero-order valence-electron chi connectivity index (χ0n) is 19.3. The van der Waals surface area contributed by atoms with Crippen LogP contribution in [0.25, 0.3) is 0 Å². The number of ether oxygens (including phenoxy) is 3. The van der Waals surface area contributed by atoms with Gasteiger partial charge in [0.05, 0.1) is 12.7 Å². The molecule has 1 N–H and O–H groups in total. The molecule has 1 aromatic carbocycles. The van der Waals surface area contributed by atoms with Gasteiger partial charge in [0.25, 0.3) is 0 Å². The number of hydrogen-bond acceptors (Lipinski definition) is 6. The quantitative estimate of drug-likeness (QED) is 0.406. The second kappa shape index (κ2) is 13.0. The van der Waals surface area contributed by atoms with Crippen LogP contribution in [0, 0.1) is 24.2 Å². The van der Waals surface area contributed by atoms with Crippen molar-refractivity contribution in [2.24, 2.45) is 5.92 Å². The van der Waals surface area contributed by atoms with Gasteiger partial charge in [0.2, 0.25) is 0 Å². The Morgan fingerprint density at radius 1 is 1.21 bits per heavy atom. The molecule has 1 unspecified atom stereocenters. The Kier molecular flexibility index (Phi) is 11.1. The van der Waals surface area contributed by atoms with Crippen LogP contribution in [-0.4, -0.2) is 29.6 Å². The molecular formula is C24H28F3NO5S. The van der Waals surface area contributed by atoms with E-state index < -0.39 is 17.9 Å². The summed E-state index contributed by atoms with van der Waals surface area (Å²) < 4.78 is 50.7. The number of thiol groups is 1. The second-order valence-corrected chi connectivity index (χ2v) is 8.49. The summed E-state index contributed by atoms with van der Waals surface area (Å²) in [5.74, 6) is -0.132. The van der Waals surface area contributed by atoms with E-state index in [0.29, 0.717) is 31.0 Å². The second-order valence-electron chi connectivity index (χ2n) is 7.98. The highest BCUT2D eigenvalue weighted by Gasteiger charge is 2.31. The average Bonchev–Trinajstić information content (AvgIpc) is 2.93. The maximum atomic E-state index is 12.0. The monoisotopic (exact) mass is 499 g/mol. The number of allylic oxidation sites excluding steroid dienone is 4. The van der Waals surface area contributed by atoms with Gasteiger partial charge < -0.3 is 19.3 Å². The van der Waals surface area contributed by atoms with Crippen molar-refractivity contribution in [3.05, 3.63) is 59.6 Å². The molecule has 0 aromatic heterocycles. The molecule has 1 aromatic rings. The van der Waals surface area contributed by atoms with E-state index in [2.05, 4.69) is 17.4 Å². The first kappa shape index (κ1) is 29.0. The molecule has 0 radical (unpaired) electrons. The Morgan fingerprint density at radius 3 is 2.38 bits per heavy atom. The van der Waals surface area contributed by atoms with E-state index in [1.165, 1.54) is 32.1 Å². The Morgan fingerprint density at radius 2 is 1.82 bits per heavy atom. The third kappa shape index (κ3) is 11.2. The molecule has 0 saturated heterocycles. The molecule has 34 heavy (non-hydrogen) atoms. The van der Waals surface area contributed by atoms with Gasteiger partial charge in [-0.05, 0) is 75.3 Å². The minimum Gasteiger partial charge on any atom is -0.494 e. The largest absolute Gasteiger partial charge is 0.573 e. The molecule has 1 aliphatic rings. The first-order valence-electron chi connectivity index (χ1n) is 10.3. The van der Waals surface area contributed by atoms with Crippen LogP contribution in [-0.2, 0) is 14.3 Å². The van der Waals surface area contributed by atoms with Crippen LogP contribution in [0.15, 0.2) is 58.9 Å². The summed E-state index contributed by atoms with van der Waals surface area (Å²) in [6, 6.07) is 7.35. The van der Waals surface area contributed by atoms with Crippen molar-refractivity contribution in [2.75, 3.05) is 6.61 Å². The lowest BCUT2D eigenvalue weighted by Gasteiger charge is -2.22. The number of nitriles is 1. The molecular weight excluding hydrogens is 471 g/mol. The zero-order valence-corrected chi connectivity index (χ0v) is 20.2. The van der Waals surface area contributed by atoms with Crippen LogP contribution in [0.2, 0.25) is 0 Å². The van der Waals surface area contributed by atoms with Crippen LogP contribution < -0.4 is 4.74 Å². The molecule has 0 fully saturated rings. The Labute approximate surface area is 202 Å². The zero-order chi connectivity index (χ0) is 25.9. The van der Waals surface area contributed by atoms with Crippen molar-refractivity contribution >= 4 is 18.6 Å². The Hall–Kier alpha value is -3.06. The summed E-state index contributed by atoms with van der Waals surface area (Å²) in [6.45, 7) is 7.10. The van der Waals surface area contributed by atoms with Crippen LogP contribution in [0.1, 0.15) is 39.2 Å². The SMILES string of the molecule is CC(CC#N)COC1=CCC=C(OC(F)(F)F)C=C1.Cc1cc(S)ccc1OC(C)(C)C(=O)O. The number of aryl methyl sites for hydroxylation is 1. The number of hydrogen-bond donors (Lipinski definition) is 2. The summed E-state index contributed by atoms with van der Waals surface area (Å²) in [5, 5.41) is 17.4. The van der Waals surface area contributed by atoms with E-state index in [0.717, 1.165) is 10.5 Å². The van der Waals surface area contributed by atoms with Crippen molar-refractivity contribution in [3.8, 4) is 11.8 Å². The van der Waals surface area contributed by atoms with E-state index in [1.807, 2.05) is 26.0 Å². The molecule has 0 heterocycles. The minimum atomic E-state index is -4.69. The number of alkyl halides is 3. The summed E-state index contributed by atoms with van der Waals surface area (Å²) >= 11 is 4.18. The minimum absolute atomic E-state index is 0.0707. The number of benzene rings is 1. The summed E-state index contributed by atoms with van der Waals surface area (Å²) in [4.78, 5) is 11.7. The van der Waals surface area contributed by atoms with Crippen LogP contribution >= 0.6 is 12.6 Å². The first-order chi connectivity index (χ1) is 15.7. The van der Waals surface area contributed by atoms with E-state index in [4.69, 9.17) is 19.8 Å². The van der Waals surface area contributed by atoms with E-state index in [1.54, 1.807) is 18.2 Å². The molecule has 10 heteroatoms. The topological polar surface area (TPSA) is 88.8 Å². The lowest BCUT2D eigenvalue weighted by atomic mass is 10.1. The molecule has 6 nitrogen and oxygen atoms in total.